The van der Waals surface area contributed by atoms with Gasteiger partial charge < -0.3 is 9.47 Å². The van der Waals surface area contributed by atoms with Gasteiger partial charge in [-0.25, -0.2) is 9.59 Å². The van der Waals surface area contributed by atoms with Crippen molar-refractivity contribution in [1.29, 1.82) is 0 Å². The molecule has 0 atom stereocenters. The molecule has 0 unspecified atom stereocenters. The molecule has 0 rings (SSSR count). The first kappa shape index (κ1) is 28.4. The highest BCUT2D eigenvalue weighted by Crippen LogP contribution is 2.16. The number of hydrogen-bond acceptors (Lipinski definition) is 4. The molecule has 0 amide bonds. The van der Waals surface area contributed by atoms with Crippen molar-refractivity contribution in [2.45, 2.75) is 124 Å². The molecule has 0 aromatic heterocycles. The Kier molecular flexibility index (Phi) is 17.3. The van der Waals surface area contributed by atoms with Crippen molar-refractivity contribution in [3.63, 3.8) is 0 Å². The molecule has 0 aromatic carbocycles. The van der Waals surface area contributed by atoms with E-state index in [1.54, 1.807) is 13.8 Å². The van der Waals surface area contributed by atoms with Crippen LogP contribution in [0.1, 0.15) is 118 Å². The van der Waals surface area contributed by atoms with E-state index in [2.05, 4.69) is 27.0 Å². The fraction of sp³-hybridized carbons (Fsp3) is 0.769. The molecule has 0 saturated heterocycles. The SMILES string of the molecule is C=C(C)C(=O)OC(CCCCCCCCCCCCCCC(C)C)OC(=O)C(=C)C. The van der Waals surface area contributed by atoms with E-state index < -0.39 is 18.2 Å². The number of hydrogen-bond donors (Lipinski definition) is 0. The molecule has 0 N–H and O–H groups in total. The zero-order chi connectivity index (χ0) is 22.8. The highest BCUT2D eigenvalue weighted by molar-refractivity contribution is 5.88. The normalized spacial score (nSPS) is 11.0. The van der Waals surface area contributed by atoms with Crippen LogP contribution in [0.5, 0.6) is 0 Å². The molecule has 174 valence electrons. The smallest absolute Gasteiger partial charge is 0.336 e. The second kappa shape index (κ2) is 18.2. The van der Waals surface area contributed by atoms with Gasteiger partial charge >= 0.3 is 11.9 Å². The summed E-state index contributed by atoms with van der Waals surface area (Å²) in [5, 5.41) is 0. The van der Waals surface area contributed by atoms with Gasteiger partial charge in [0.1, 0.15) is 0 Å². The van der Waals surface area contributed by atoms with Crippen molar-refractivity contribution in [3.05, 3.63) is 24.3 Å². The van der Waals surface area contributed by atoms with Crippen LogP contribution in [-0.2, 0) is 19.1 Å². The van der Waals surface area contributed by atoms with Gasteiger partial charge in [-0.3, -0.25) is 0 Å². The van der Waals surface area contributed by atoms with E-state index in [0.29, 0.717) is 17.6 Å². The van der Waals surface area contributed by atoms with E-state index in [0.717, 1.165) is 25.2 Å². The molecule has 0 fully saturated rings. The van der Waals surface area contributed by atoms with E-state index in [9.17, 15) is 9.59 Å². The van der Waals surface area contributed by atoms with E-state index in [1.807, 2.05) is 0 Å². The third-order valence-corrected chi connectivity index (χ3v) is 5.15. The van der Waals surface area contributed by atoms with Crippen LogP contribution in [0.2, 0.25) is 0 Å². The van der Waals surface area contributed by atoms with Crippen molar-refractivity contribution in [1.82, 2.24) is 0 Å². The molecule has 0 bridgehead atoms. The molecule has 0 aliphatic heterocycles. The van der Waals surface area contributed by atoms with Gasteiger partial charge in [0.25, 0.3) is 0 Å². The Labute approximate surface area is 185 Å². The second-order valence-electron chi connectivity index (χ2n) is 9.01. The first-order chi connectivity index (χ1) is 14.2. The second-order valence-corrected chi connectivity index (χ2v) is 9.01. The maximum Gasteiger partial charge on any atom is 0.336 e. The first-order valence-electron chi connectivity index (χ1n) is 12.0. The van der Waals surface area contributed by atoms with E-state index in [4.69, 9.17) is 9.47 Å². The van der Waals surface area contributed by atoms with Gasteiger partial charge in [-0.05, 0) is 26.2 Å². The largest absolute Gasteiger partial charge is 0.422 e. The van der Waals surface area contributed by atoms with Crippen molar-refractivity contribution >= 4 is 11.9 Å². The summed E-state index contributed by atoms with van der Waals surface area (Å²) >= 11 is 0. The minimum atomic E-state index is -0.862. The lowest BCUT2D eigenvalue weighted by Crippen LogP contribution is -2.25. The highest BCUT2D eigenvalue weighted by Gasteiger charge is 2.19. The van der Waals surface area contributed by atoms with Gasteiger partial charge in [0.05, 0.1) is 0 Å². The molecule has 30 heavy (non-hydrogen) atoms. The summed E-state index contributed by atoms with van der Waals surface area (Å²) in [7, 11) is 0. The Morgan fingerprint density at radius 1 is 0.600 bits per heavy atom. The van der Waals surface area contributed by atoms with Crippen molar-refractivity contribution < 1.29 is 19.1 Å². The quantitative estimate of drug-likeness (QED) is 0.0927. The lowest BCUT2D eigenvalue weighted by molar-refractivity contribution is -0.183. The molecule has 4 heteroatoms. The van der Waals surface area contributed by atoms with Crippen molar-refractivity contribution in [2.75, 3.05) is 0 Å². The highest BCUT2D eigenvalue weighted by atomic mass is 16.7. The third kappa shape index (κ3) is 17.3. The minimum absolute atomic E-state index is 0.293. The van der Waals surface area contributed by atoms with E-state index >= 15 is 0 Å². The topological polar surface area (TPSA) is 52.6 Å². The summed E-state index contributed by atoms with van der Waals surface area (Å²) in [4.78, 5) is 23.5. The standard InChI is InChI=1S/C26H46O4/c1-21(2)19-17-15-13-11-9-7-8-10-12-14-16-18-20-24(29-25(27)22(3)4)30-26(28)23(5)6/h21,24H,3,5,7-20H2,1-2,4,6H3. The number of unbranched alkanes of at least 4 members (excludes halogenated alkanes) is 11. The molecule has 0 heterocycles. The van der Waals surface area contributed by atoms with Crippen molar-refractivity contribution in [3.8, 4) is 0 Å². The third-order valence-electron chi connectivity index (χ3n) is 5.15. The van der Waals surface area contributed by atoms with E-state index in [-0.39, 0.29) is 0 Å². The zero-order valence-corrected chi connectivity index (χ0v) is 20.1. The maximum absolute atomic E-state index is 11.7. The average Bonchev–Trinajstić information content (AvgIpc) is 2.67. The van der Waals surface area contributed by atoms with Crippen LogP contribution in [0.4, 0.5) is 0 Å². The van der Waals surface area contributed by atoms with Gasteiger partial charge in [0.2, 0.25) is 6.29 Å². The summed E-state index contributed by atoms with van der Waals surface area (Å²) < 4.78 is 10.5. The predicted octanol–water partition coefficient (Wildman–Crippen LogP) is 7.67. The minimum Gasteiger partial charge on any atom is -0.422 e. The van der Waals surface area contributed by atoms with Crippen LogP contribution in [0.3, 0.4) is 0 Å². The van der Waals surface area contributed by atoms with Crippen LogP contribution in [0.15, 0.2) is 24.3 Å². The van der Waals surface area contributed by atoms with Crippen LogP contribution in [0.25, 0.3) is 0 Å². The molecule has 0 saturated carbocycles. The average molecular weight is 423 g/mol. The van der Waals surface area contributed by atoms with Gasteiger partial charge in [-0.1, -0.05) is 104 Å². The molecule has 0 aliphatic rings. The van der Waals surface area contributed by atoms with Crippen LogP contribution in [0, 0.1) is 5.92 Å². The summed E-state index contributed by atoms with van der Waals surface area (Å²) in [6, 6.07) is 0. The molecule has 0 aromatic rings. The number of ether oxygens (including phenoxy) is 2. The Bertz CT molecular complexity index is 479. The molecule has 4 nitrogen and oxygen atoms in total. The lowest BCUT2D eigenvalue weighted by Gasteiger charge is -2.18. The fourth-order valence-electron chi connectivity index (χ4n) is 3.21. The summed E-state index contributed by atoms with van der Waals surface area (Å²) in [6.45, 7) is 14.9. The van der Waals surface area contributed by atoms with Gasteiger partial charge in [-0.15, -0.1) is 0 Å². The number of carbonyl (C=O) groups excluding carboxylic acids is 2. The maximum atomic E-state index is 11.7. The Morgan fingerprint density at radius 3 is 1.20 bits per heavy atom. The van der Waals surface area contributed by atoms with Crippen LogP contribution >= 0.6 is 0 Å². The molecular formula is C26H46O4. The number of esters is 2. The Hall–Kier alpha value is -1.58. The van der Waals surface area contributed by atoms with E-state index in [1.165, 1.54) is 64.2 Å². The zero-order valence-electron chi connectivity index (χ0n) is 20.1. The molecule has 0 aliphatic carbocycles. The van der Waals surface area contributed by atoms with Crippen LogP contribution < -0.4 is 0 Å². The number of rotatable bonds is 19. The Morgan fingerprint density at radius 2 is 0.900 bits per heavy atom. The lowest BCUT2D eigenvalue weighted by atomic mass is 10.0. The number of carbonyl (C=O) groups is 2. The van der Waals surface area contributed by atoms with Gasteiger partial charge in [-0.2, -0.15) is 0 Å². The van der Waals surface area contributed by atoms with Crippen LogP contribution in [-0.4, -0.2) is 18.2 Å². The molecule has 0 radical (unpaired) electrons. The molecular weight excluding hydrogens is 376 g/mol. The summed E-state index contributed by atoms with van der Waals surface area (Å²) in [6.07, 6.45) is 16.2. The summed E-state index contributed by atoms with van der Waals surface area (Å²) in [5.41, 5.74) is 0.587. The summed E-state index contributed by atoms with van der Waals surface area (Å²) in [5.74, 6) is -0.225. The predicted molar refractivity (Wildman–Crippen MR) is 125 cm³/mol. The van der Waals surface area contributed by atoms with Gasteiger partial charge in [0.15, 0.2) is 0 Å². The fourth-order valence-corrected chi connectivity index (χ4v) is 3.21. The molecule has 0 spiro atoms. The van der Waals surface area contributed by atoms with Crippen molar-refractivity contribution in [2.24, 2.45) is 5.92 Å². The van der Waals surface area contributed by atoms with Gasteiger partial charge in [0, 0.05) is 17.6 Å². The first-order valence-corrected chi connectivity index (χ1v) is 12.0. The Balaban J connectivity index is 3.74. The monoisotopic (exact) mass is 422 g/mol.